The molecule has 2 N–H and O–H groups in total. The molecule has 20 heavy (non-hydrogen) atoms. The van der Waals surface area contributed by atoms with Gasteiger partial charge < -0.3 is 15.2 Å². The van der Waals surface area contributed by atoms with Crippen molar-refractivity contribution in [2.24, 2.45) is 0 Å². The number of amides is 1. The average Bonchev–Trinajstić information content (AvgIpc) is 2.39. The van der Waals surface area contributed by atoms with Gasteiger partial charge in [-0.05, 0) is 37.1 Å². The molecule has 0 spiro atoms. The molecule has 1 aromatic rings. The van der Waals surface area contributed by atoms with Crippen molar-refractivity contribution in [3.63, 3.8) is 0 Å². The van der Waals surface area contributed by atoms with Crippen LogP contribution in [0.15, 0.2) is 18.2 Å². The molecule has 1 amide bonds. The number of benzene rings is 1. The number of carboxylic acid groups (broad SMARTS) is 1. The first kappa shape index (κ1) is 15.6. The molecule has 0 aromatic heterocycles. The number of ether oxygens (including phenoxy) is 1. The van der Waals surface area contributed by atoms with Gasteiger partial charge >= 0.3 is 5.97 Å². The number of carbonyl (C=O) groups is 2. The van der Waals surface area contributed by atoms with E-state index in [0.29, 0.717) is 5.75 Å². The van der Waals surface area contributed by atoms with E-state index in [0.717, 1.165) is 11.1 Å². The van der Waals surface area contributed by atoms with E-state index >= 15 is 0 Å². The molecule has 1 atom stereocenters. The molecular formula is C15H17NO4. The number of hydrogen-bond acceptors (Lipinski definition) is 3. The summed E-state index contributed by atoms with van der Waals surface area (Å²) in [5.41, 5.74) is 2.18. The van der Waals surface area contributed by atoms with Crippen LogP contribution in [0.25, 0.3) is 0 Å². The van der Waals surface area contributed by atoms with Gasteiger partial charge in [0.2, 0.25) is 0 Å². The minimum absolute atomic E-state index is 0.0648. The number of aliphatic carboxylic acids is 1. The number of terminal acetylenes is 1. The fourth-order valence-electron chi connectivity index (χ4n) is 1.51. The van der Waals surface area contributed by atoms with Crippen LogP contribution in [0.1, 0.15) is 17.5 Å². The predicted molar refractivity (Wildman–Crippen MR) is 74.4 cm³/mol. The molecule has 0 aliphatic heterocycles. The first-order chi connectivity index (χ1) is 9.43. The Morgan fingerprint density at radius 3 is 2.65 bits per heavy atom. The number of nitrogens with one attached hydrogen (secondary N) is 1. The van der Waals surface area contributed by atoms with Crippen LogP contribution >= 0.6 is 0 Å². The van der Waals surface area contributed by atoms with Crippen molar-refractivity contribution in [3.8, 4) is 18.1 Å². The van der Waals surface area contributed by atoms with Gasteiger partial charge in [0.15, 0.2) is 6.61 Å². The van der Waals surface area contributed by atoms with Gasteiger partial charge in [0, 0.05) is 6.42 Å². The molecule has 0 aliphatic carbocycles. The Hall–Kier alpha value is -2.48. The van der Waals surface area contributed by atoms with Gasteiger partial charge in [-0.1, -0.05) is 6.07 Å². The Morgan fingerprint density at radius 1 is 1.40 bits per heavy atom. The Balaban J connectivity index is 2.52. The van der Waals surface area contributed by atoms with Crippen molar-refractivity contribution in [3.05, 3.63) is 29.3 Å². The van der Waals surface area contributed by atoms with Gasteiger partial charge in [0.05, 0.1) is 0 Å². The second-order valence-electron chi connectivity index (χ2n) is 4.40. The van der Waals surface area contributed by atoms with E-state index < -0.39 is 17.9 Å². The van der Waals surface area contributed by atoms with Crippen LogP contribution in [-0.4, -0.2) is 29.6 Å². The highest BCUT2D eigenvalue weighted by atomic mass is 16.5. The topological polar surface area (TPSA) is 75.6 Å². The molecule has 0 bridgehead atoms. The normalized spacial score (nSPS) is 11.2. The van der Waals surface area contributed by atoms with E-state index in [4.69, 9.17) is 16.3 Å². The van der Waals surface area contributed by atoms with Crippen LogP contribution in [0.2, 0.25) is 0 Å². The van der Waals surface area contributed by atoms with E-state index in [1.165, 1.54) is 0 Å². The minimum Gasteiger partial charge on any atom is -0.484 e. The largest absolute Gasteiger partial charge is 0.484 e. The van der Waals surface area contributed by atoms with Crippen LogP contribution < -0.4 is 10.1 Å². The lowest BCUT2D eigenvalue weighted by molar-refractivity contribution is -0.141. The Bertz CT molecular complexity index is 545. The number of hydrogen-bond donors (Lipinski definition) is 2. The third kappa shape index (κ3) is 4.65. The summed E-state index contributed by atoms with van der Waals surface area (Å²) in [6.45, 7) is 3.66. The molecule has 0 saturated carbocycles. The fourth-order valence-corrected chi connectivity index (χ4v) is 1.51. The number of carbonyl (C=O) groups excluding carboxylic acids is 1. The highest BCUT2D eigenvalue weighted by Crippen LogP contribution is 2.16. The smallest absolute Gasteiger partial charge is 0.327 e. The monoisotopic (exact) mass is 275 g/mol. The van der Waals surface area contributed by atoms with Crippen LogP contribution in [-0.2, 0) is 9.59 Å². The molecule has 1 aromatic carbocycles. The first-order valence-electron chi connectivity index (χ1n) is 6.09. The summed E-state index contributed by atoms with van der Waals surface area (Å²) >= 11 is 0. The molecule has 1 rings (SSSR count). The number of carboxylic acids is 1. The van der Waals surface area contributed by atoms with Crippen molar-refractivity contribution < 1.29 is 19.4 Å². The number of aryl methyl sites for hydroxylation is 2. The summed E-state index contributed by atoms with van der Waals surface area (Å²) in [5.74, 6) is 1.08. The van der Waals surface area contributed by atoms with Crippen LogP contribution in [0, 0.1) is 26.2 Å². The van der Waals surface area contributed by atoms with E-state index in [-0.39, 0.29) is 13.0 Å². The van der Waals surface area contributed by atoms with Gasteiger partial charge in [-0.2, -0.15) is 0 Å². The quantitative estimate of drug-likeness (QED) is 0.767. The summed E-state index contributed by atoms with van der Waals surface area (Å²) < 4.78 is 5.31. The van der Waals surface area contributed by atoms with Crippen molar-refractivity contribution in [2.75, 3.05) is 6.61 Å². The molecule has 0 aliphatic rings. The van der Waals surface area contributed by atoms with Crippen molar-refractivity contribution in [2.45, 2.75) is 26.3 Å². The van der Waals surface area contributed by atoms with Crippen LogP contribution in [0.5, 0.6) is 5.75 Å². The van der Waals surface area contributed by atoms with Gasteiger partial charge in [0.1, 0.15) is 11.8 Å². The van der Waals surface area contributed by atoms with Crippen LogP contribution in [0.3, 0.4) is 0 Å². The first-order valence-corrected chi connectivity index (χ1v) is 6.09. The van der Waals surface area contributed by atoms with Crippen molar-refractivity contribution >= 4 is 11.9 Å². The highest BCUT2D eigenvalue weighted by molar-refractivity contribution is 5.84. The maximum absolute atomic E-state index is 11.6. The standard InChI is InChI=1S/C15H17NO4/c1-4-5-13(15(18)19)16-14(17)9-20-12-7-6-10(2)11(3)8-12/h1,6-8,13H,5,9H2,2-3H3,(H,16,17)(H,18,19). The second-order valence-corrected chi connectivity index (χ2v) is 4.40. The maximum Gasteiger partial charge on any atom is 0.327 e. The lowest BCUT2D eigenvalue weighted by Gasteiger charge is -2.12. The van der Waals surface area contributed by atoms with Gasteiger partial charge in [-0.15, -0.1) is 12.3 Å². The molecule has 0 fully saturated rings. The second kappa shape index (κ2) is 7.19. The summed E-state index contributed by atoms with van der Waals surface area (Å²) in [7, 11) is 0. The van der Waals surface area contributed by atoms with Gasteiger partial charge in [-0.3, -0.25) is 4.79 Å². The fraction of sp³-hybridized carbons (Fsp3) is 0.333. The van der Waals surface area contributed by atoms with Gasteiger partial charge in [0.25, 0.3) is 5.91 Å². The van der Waals surface area contributed by atoms with E-state index in [1.807, 2.05) is 26.0 Å². The van der Waals surface area contributed by atoms with Crippen LogP contribution in [0.4, 0.5) is 0 Å². The lowest BCUT2D eigenvalue weighted by Crippen LogP contribution is -2.42. The van der Waals surface area contributed by atoms with Crippen molar-refractivity contribution in [1.82, 2.24) is 5.32 Å². The minimum atomic E-state index is -1.16. The third-order valence-electron chi connectivity index (χ3n) is 2.80. The molecule has 1 unspecified atom stereocenters. The maximum atomic E-state index is 11.6. The predicted octanol–water partition coefficient (Wildman–Crippen LogP) is 1.27. The average molecular weight is 275 g/mol. The molecular weight excluding hydrogens is 258 g/mol. The zero-order valence-electron chi connectivity index (χ0n) is 11.5. The lowest BCUT2D eigenvalue weighted by atomic mass is 10.1. The summed E-state index contributed by atoms with van der Waals surface area (Å²) in [6, 6.07) is 4.38. The summed E-state index contributed by atoms with van der Waals surface area (Å²) in [6.07, 6.45) is 4.98. The Kier molecular flexibility index (Phi) is 5.60. The Morgan fingerprint density at radius 2 is 2.10 bits per heavy atom. The molecule has 5 heteroatoms. The zero-order valence-corrected chi connectivity index (χ0v) is 11.5. The van der Waals surface area contributed by atoms with E-state index in [1.54, 1.807) is 6.07 Å². The molecule has 0 heterocycles. The number of rotatable bonds is 6. The SMILES string of the molecule is C#CCC(NC(=O)COc1ccc(C)c(C)c1)C(=O)O. The molecule has 0 radical (unpaired) electrons. The molecule has 0 saturated heterocycles. The summed E-state index contributed by atoms with van der Waals surface area (Å²) in [4.78, 5) is 22.4. The van der Waals surface area contributed by atoms with Crippen molar-refractivity contribution in [1.29, 1.82) is 0 Å². The summed E-state index contributed by atoms with van der Waals surface area (Å²) in [5, 5.41) is 11.2. The van der Waals surface area contributed by atoms with Gasteiger partial charge in [-0.25, -0.2) is 4.79 Å². The van der Waals surface area contributed by atoms with E-state index in [2.05, 4.69) is 11.2 Å². The highest BCUT2D eigenvalue weighted by Gasteiger charge is 2.18. The molecule has 5 nitrogen and oxygen atoms in total. The third-order valence-corrected chi connectivity index (χ3v) is 2.80. The molecule has 106 valence electrons. The zero-order chi connectivity index (χ0) is 15.1. The van der Waals surface area contributed by atoms with E-state index in [9.17, 15) is 9.59 Å². The Labute approximate surface area is 117 Å².